The highest BCUT2D eigenvalue weighted by Crippen LogP contribution is 2.40. The molecule has 5 rings (SSSR count). The van der Waals surface area contributed by atoms with Gasteiger partial charge in [0.25, 0.3) is 5.91 Å². The van der Waals surface area contributed by atoms with E-state index < -0.39 is 0 Å². The summed E-state index contributed by atoms with van der Waals surface area (Å²) in [5.41, 5.74) is 5.08. The van der Waals surface area contributed by atoms with Gasteiger partial charge in [0.1, 0.15) is 5.37 Å². The van der Waals surface area contributed by atoms with Crippen molar-refractivity contribution in [3.8, 4) is 0 Å². The molecule has 2 atom stereocenters. The Morgan fingerprint density at radius 1 is 0.968 bits per heavy atom. The molecular weight excluding hydrogens is 404 g/mol. The van der Waals surface area contributed by atoms with E-state index in [1.54, 1.807) is 11.8 Å². The lowest BCUT2D eigenvalue weighted by molar-refractivity contribution is -0.128. The molecule has 4 nitrogen and oxygen atoms in total. The van der Waals surface area contributed by atoms with E-state index in [1.807, 2.05) is 82.6 Å². The zero-order valence-electron chi connectivity index (χ0n) is 17.4. The van der Waals surface area contributed by atoms with Crippen LogP contribution in [0.25, 0.3) is 0 Å². The molecule has 2 amide bonds. The van der Waals surface area contributed by atoms with Crippen molar-refractivity contribution in [3.05, 3.63) is 101 Å². The molecular formula is C26H24N2O2S. The van der Waals surface area contributed by atoms with Crippen LogP contribution in [0, 0.1) is 0 Å². The molecule has 0 unspecified atom stereocenters. The fraction of sp³-hybridized carbons (Fsp3) is 0.231. The van der Waals surface area contributed by atoms with Crippen LogP contribution in [-0.4, -0.2) is 28.5 Å². The van der Waals surface area contributed by atoms with Crippen LogP contribution in [0.5, 0.6) is 0 Å². The number of rotatable bonds is 4. The van der Waals surface area contributed by atoms with Crippen molar-refractivity contribution in [3.63, 3.8) is 0 Å². The second-order valence-corrected chi connectivity index (χ2v) is 9.22. The number of carbonyl (C=O) groups is 2. The first-order chi connectivity index (χ1) is 15.1. The molecule has 0 spiro atoms. The molecule has 3 aromatic rings. The summed E-state index contributed by atoms with van der Waals surface area (Å²) in [6.45, 7) is 2.69. The number of amides is 2. The summed E-state index contributed by atoms with van der Waals surface area (Å²) in [7, 11) is 0. The quantitative estimate of drug-likeness (QED) is 0.584. The molecule has 5 heteroatoms. The summed E-state index contributed by atoms with van der Waals surface area (Å²) in [5.74, 6) is 0.669. The third kappa shape index (κ3) is 3.74. The van der Waals surface area contributed by atoms with Gasteiger partial charge in [-0.2, -0.15) is 0 Å². The molecule has 2 aliphatic heterocycles. The average molecular weight is 429 g/mol. The van der Waals surface area contributed by atoms with Gasteiger partial charge in [-0.3, -0.25) is 9.59 Å². The van der Waals surface area contributed by atoms with Crippen LogP contribution < -0.4 is 4.90 Å². The molecule has 156 valence electrons. The number of benzene rings is 3. The second-order valence-electron chi connectivity index (χ2n) is 8.15. The minimum atomic E-state index is -0.0247. The summed E-state index contributed by atoms with van der Waals surface area (Å²) in [6.07, 6.45) is 0.884. The monoisotopic (exact) mass is 428 g/mol. The number of thioether (sulfide) groups is 1. The van der Waals surface area contributed by atoms with Crippen molar-refractivity contribution in [1.29, 1.82) is 0 Å². The molecule has 3 aromatic carbocycles. The predicted molar refractivity (Wildman–Crippen MR) is 125 cm³/mol. The fourth-order valence-corrected chi connectivity index (χ4v) is 5.67. The van der Waals surface area contributed by atoms with Crippen molar-refractivity contribution in [2.45, 2.75) is 31.3 Å². The molecule has 0 bridgehead atoms. The molecule has 1 saturated heterocycles. The van der Waals surface area contributed by atoms with E-state index in [2.05, 4.69) is 13.0 Å². The molecule has 0 saturated carbocycles. The van der Waals surface area contributed by atoms with Crippen LogP contribution in [0.4, 0.5) is 5.69 Å². The van der Waals surface area contributed by atoms with Crippen LogP contribution in [0.15, 0.2) is 78.9 Å². The Kier molecular flexibility index (Phi) is 5.28. The Morgan fingerprint density at radius 3 is 2.45 bits per heavy atom. The number of fused-ring (bicyclic) bond motifs is 1. The minimum absolute atomic E-state index is 0.0247. The Bertz CT molecular complexity index is 1110. The van der Waals surface area contributed by atoms with E-state index in [-0.39, 0.29) is 23.2 Å². The molecule has 2 heterocycles. The van der Waals surface area contributed by atoms with Crippen LogP contribution in [0.2, 0.25) is 0 Å². The fourth-order valence-electron chi connectivity index (χ4n) is 4.49. The van der Waals surface area contributed by atoms with Gasteiger partial charge in [0.15, 0.2) is 0 Å². The highest BCUT2D eigenvalue weighted by molar-refractivity contribution is 8.00. The molecule has 0 aliphatic carbocycles. The maximum absolute atomic E-state index is 13.3. The highest BCUT2D eigenvalue weighted by Gasteiger charge is 2.34. The number of para-hydroxylation sites is 1. The Balaban J connectivity index is 1.36. The van der Waals surface area contributed by atoms with Gasteiger partial charge in [-0.25, -0.2) is 0 Å². The maximum atomic E-state index is 13.3. The minimum Gasteiger partial charge on any atom is -0.322 e. The number of carbonyl (C=O) groups excluding carboxylic acids is 2. The average Bonchev–Trinajstić information content (AvgIpc) is 3.33. The third-order valence-electron chi connectivity index (χ3n) is 6.03. The SMILES string of the molecule is C[C@@H]1Cc2ccccc2N1C(=O)c1ccc([C@H]2SCC(=O)N2Cc2ccccc2)cc1. The van der Waals surface area contributed by atoms with Crippen LogP contribution in [-0.2, 0) is 17.8 Å². The van der Waals surface area contributed by atoms with Gasteiger partial charge in [-0.15, -0.1) is 11.8 Å². The van der Waals surface area contributed by atoms with Crippen molar-refractivity contribution in [2.75, 3.05) is 10.7 Å². The molecule has 0 N–H and O–H groups in total. The second kappa shape index (κ2) is 8.23. The lowest BCUT2D eigenvalue weighted by Gasteiger charge is -2.25. The van der Waals surface area contributed by atoms with E-state index in [4.69, 9.17) is 0 Å². The van der Waals surface area contributed by atoms with E-state index in [9.17, 15) is 9.59 Å². The molecule has 0 radical (unpaired) electrons. The predicted octanol–water partition coefficient (Wildman–Crippen LogP) is 5.05. The van der Waals surface area contributed by atoms with E-state index in [0.717, 1.165) is 23.2 Å². The van der Waals surface area contributed by atoms with Crippen LogP contribution in [0.1, 0.15) is 39.3 Å². The van der Waals surface area contributed by atoms with E-state index in [1.165, 1.54) is 5.56 Å². The summed E-state index contributed by atoms with van der Waals surface area (Å²) < 4.78 is 0. The van der Waals surface area contributed by atoms with Crippen molar-refractivity contribution >= 4 is 29.3 Å². The zero-order valence-corrected chi connectivity index (χ0v) is 18.2. The summed E-state index contributed by atoms with van der Waals surface area (Å²) >= 11 is 1.64. The molecule has 31 heavy (non-hydrogen) atoms. The van der Waals surface area contributed by atoms with Gasteiger partial charge in [-0.1, -0.05) is 60.7 Å². The van der Waals surface area contributed by atoms with E-state index in [0.29, 0.717) is 17.9 Å². The number of anilines is 1. The summed E-state index contributed by atoms with van der Waals surface area (Å²) in [6, 6.07) is 26.1. The first-order valence-corrected chi connectivity index (χ1v) is 11.6. The van der Waals surface area contributed by atoms with Gasteiger partial charge in [0.05, 0.1) is 5.75 Å². The Labute approximate surface area is 186 Å². The first-order valence-electron chi connectivity index (χ1n) is 10.6. The standard InChI is InChI=1S/C26H24N2O2S/c1-18-15-22-9-5-6-10-23(22)28(18)25(30)20-11-13-21(14-12-20)26-27(24(29)17-31-26)16-19-7-3-2-4-8-19/h2-14,18,26H,15-17H2,1H3/t18-,26-/m1/s1. The van der Waals surface area contributed by atoms with E-state index >= 15 is 0 Å². The molecule has 1 fully saturated rings. The maximum Gasteiger partial charge on any atom is 0.258 e. The lowest BCUT2D eigenvalue weighted by atomic mass is 10.1. The Morgan fingerprint density at radius 2 is 1.68 bits per heavy atom. The Hall–Kier alpha value is -3.05. The van der Waals surface area contributed by atoms with Crippen molar-refractivity contribution < 1.29 is 9.59 Å². The molecule has 2 aliphatic rings. The normalized spacial score (nSPS) is 20.2. The summed E-state index contributed by atoms with van der Waals surface area (Å²) in [4.78, 5) is 29.6. The number of hydrogen-bond acceptors (Lipinski definition) is 3. The lowest BCUT2D eigenvalue weighted by Crippen LogP contribution is -2.35. The van der Waals surface area contributed by atoms with Crippen LogP contribution >= 0.6 is 11.8 Å². The van der Waals surface area contributed by atoms with Crippen molar-refractivity contribution in [2.24, 2.45) is 0 Å². The van der Waals surface area contributed by atoms with Gasteiger partial charge in [0, 0.05) is 23.8 Å². The summed E-state index contributed by atoms with van der Waals surface area (Å²) in [5, 5.41) is -0.0247. The van der Waals surface area contributed by atoms with Gasteiger partial charge in [0.2, 0.25) is 5.91 Å². The molecule has 0 aromatic heterocycles. The first kappa shape index (κ1) is 19.9. The van der Waals surface area contributed by atoms with Crippen LogP contribution in [0.3, 0.4) is 0 Å². The number of nitrogens with zero attached hydrogens (tertiary/aromatic N) is 2. The smallest absolute Gasteiger partial charge is 0.258 e. The van der Waals surface area contributed by atoms with Gasteiger partial charge >= 0.3 is 0 Å². The van der Waals surface area contributed by atoms with Crippen molar-refractivity contribution in [1.82, 2.24) is 4.90 Å². The largest absolute Gasteiger partial charge is 0.322 e. The zero-order chi connectivity index (χ0) is 21.4. The third-order valence-corrected chi connectivity index (χ3v) is 7.29. The highest BCUT2D eigenvalue weighted by atomic mass is 32.2. The number of hydrogen-bond donors (Lipinski definition) is 0. The topological polar surface area (TPSA) is 40.6 Å². The van der Waals surface area contributed by atoms with Gasteiger partial charge in [-0.05, 0) is 48.2 Å². The van der Waals surface area contributed by atoms with Gasteiger partial charge < -0.3 is 9.80 Å².